The van der Waals surface area contributed by atoms with Gasteiger partial charge in [-0.05, 0) is 32.8 Å². The Morgan fingerprint density at radius 1 is 1.19 bits per heavy atom. The number of rotatable bonds is 3. The van der Waals surface area contributed by atoms with Crippen LogP contribution < -0.4 is 4.74 Å². The maximum atomic E-state index is 5.91. The summed E-state index contributed by atoms with van der Waals surface area (Å²) in [6, 6.07) is 12.3. The van der Waals surface area contributed by atoms with E-state index in [0.29, 0.717) is 6.61 Å². The summed E-state index contributed by atoms with van der Waals surface area (Å²) in [5, 5.41) is 4.37. The standard InChI is InChI=1S/C16H11BrN2OS/c17-15-13-4-2-1-3-11(13)5-6-14(15)20-10-12-9-19-7-8-21-16(19)18-12/h1-9H,10H2. The van der Waals surface area contributed by atoms with Crippen molar-refractivity contribution in [3.8, 4) is 5.75 Å². The molecule has 0 radical (unpaired) electrons. The number of nitrogens with zero attached hydrogens (tertiary/aromatic N) is 2. The third-order valence-corrected chi connectivity index (χ3v) is 4.94. The molecule has 0 saturated carbocycles. The van der Waals surface area contributed by atoms with Gasteiger partial charge in [0, 0.05) is 17.8 Å². The molecule has 0 saturated heterocycles. The summed E-state index contributed by atoms with van der Waals surface area (Å²) >= 11 is 5.26. The summed E-state index contributed by atoms with van der Waals surface area (Å²) in [4.78, 5) is 5.51. The molecule has 4 rings (SSSR count). The first kappa shape index (κ1) is 12.9. The quantitative estimate of drug-likeness (QED) is 0.521. The predicted octanol–water partition coefficient (Wildman–Crippen LogP) is 4.89. The van der Waals surface area contributed by atoms with Crippen LogP contribution in [0.2, 0.25) is 0 Å². The van der Waals surface area contributed by atoms with Crippen LogP contribution in [-0.2, 0) is 6.61 Å². The highest BCUT2D eigenvalue weighted by atomic mass is 79.9. The van der Waals surface area contributed by atoms with Gasteiger partial charge in [-0.3, -0.25) is 4.40 Å². The van der Waals surface area contributed by atoms with E-state index in [1.165, 1.54) is 5.39 Å². The maximum absolute atomic E-state index is 5.91. The van der Waals surface area contributed by atoms with E-state index in [1.807, 2.05) is 40.4 Å². The lowest BCUT2D eigenvalue weighted by molar-refractivity contribution is 0.300. The molecule has 0 aliphatic heterocycles. The van der Waals surface area contributed by atoms with Crippen molar-refractivity contribution in [2.45, 2.75) is 6.61 Å². The molecule has 4 aromatic rings. The normalized spacial score (nSPS) is 11.3. The Kier molecular flexibility index (Phi) is 3.16. The van der Waals surface area contributed by atoms with E-state index in [9.17, 15) is 0 Å². The topological polar surface area (TPSA) is 26.5 Å². The molecule has 104 valence electrons. The van der Waals surface area contributed by atoms with Crippen molar-refractivity contribution in [1.82, 2.24) is 9.38 Å². The molecule has 3 nitrogen and oxygen atoms in total. The molecule has 0 bridgehead atoms. The van der Waals surface area contributed by atoms with Crippen LogP contribution in [0.1, 0.15) is 5.69 Å². The second-order valence-electron chi connectivity index (χ2n) is 4.71. The van der Waals surface area contributed by atoms with Gasteiger partial charge < -0.3 is 4.74 Å². The first-order valence-corrected chi connectivity index (χ1v) is 8.20. The van der Waals surface area contributed by atoms with E-state index >= 15 is 0 Å². The minimum Gasteiger partial charge on any atom is -0.486 e. The summed E-state index contributed by atoms with van der Waals surface area (Å²) in [5.74, 6) is 0.838. The highest BCUT2D eigenvalue weighted by Crippen LogP contribution is 2.33. The Bertz CT molecular complexity index is 900. The molecule has 0 fully saturated rings. The zero-order valence-corrected chi connectivity index (χ0v) is 13.4. The number of fused-ring (bicyclic) bond motifs is 2. The third-order valence-electron chi connectivity index (χ3n) is 3.35. The molecule has 0 spiro atoms. The van der Waals surface area contributed by atoms with Crippen LogP contribution in [0.4, 0.5) is 0 Å². The molecule has 0 N–H and O–H groups in total. The second-order valence-corrected chi connectivity index (χ2v) is 6.38. The van der Waals surface area contributed by atoms with Crippen LogP contribution in [0.25, 0.3) is 15.7 Å². The summed E-state index contributed by atoms with van der Waals surface area (Å²) in [6.07, 6.45) is 4.00. The lowest BCUT2D eigenvalue weighted by atomic mass is 10.1. The van der Waals surface area contributed by atoms with E-state index in [-0.39, 0.29) is 0 Å². The number of thiazole rings is 1. The first-order chi connectivity index (χ1) is 10.3. The van der Waals surface area contributed by atoms with Crippen molar-refractivity contribution in [3.63, 3.8) is 0 Å². The smallest absolute Gasteiger partial charge is 0.193 e. The molecule has 2 aromatic carbocycles. The van der Waals surface area contributed by atoms with Gasteiger partial charge in [-0.15, -0.1) is 11.3 Å². The van der Waals surface area contributed by atoms with Crippen LogP contribution in [0.5, 0.6) is 5.75 Å². The largest absolute Gasteiger partial charge is 0.486 e. The van der Waals surface area contributed by atoms with Crippen molar-refractivity contribution in [2.75, 3.05) is 0 Å². The number of hydrogen-bond donors (Lipinski definition) is 0. The predicted molar refractivity (Wildman–Crippen MR) is 89.0 cm³/mol. The van der Waals surface area contributed by atoms with Crippen molar-refractivity contribution in [2.24, 2.45) is 0 Å². The highest BCUT2D eigenvalue weighted by Gasteiger charge is 2.08. The fraction of sp³-hybridized carbons (Fsp3) is 0.0625. The Labute approximate surface area is 133 Å². The molecule has 0 aliphatic rings. The van der Waals surface area contributed by atoms with Crippen molar-refractivity contribution >= 4 is 43.0 Å². The minimum atomic E-state index is 0.464. The number of aromatic nitrogens is 2. The Morgan fingerprint density at radius 3 is 3.00 bits per heavy atom. The monoisotopic (exact) mass is 358 g/mol. The lowest BCUT2D eigenvalue weighted by Gasteiger charge is -2.09. The summed E-state index contributed by atoms with van der Waals surface area (Å²) < 4.78 is 8.91. The van der Waals surface area contributed by atoms with Crippen LogP contribution in [-0.4, -0.2) is 9.38 Å². The van der Waals surface area contributed by atoms with Gasteiger partial charge in [0.2, 0.25) is 0 Å². The molecule has 2 heterocycles. The van der Waals surface area contributed by atoms with Crippen molar-refractivity contribution in [1.29, 1.82) is 0 Å². The Morgan fingerprint density at radius 2 is 2.10 bits per heavy atom. The molecule has 5 heteroatoms. The van der Waals surface area contributed by atoms with Gasteiger partial charge in [0.25, 0.3) is 0 Å². The van der Waals surface area contributed by atoms with E-state index < -0.39 is 0 Å². The van der Waals surface area contributed by atoms with Crippen molar-refractivity contribution < 1.29 is 4.74 Å². The maximum Gasteiger partial charge on any atom is 0.193 e. The summed E-state index contributed by atoms with van der Waals surface area (Å²) in [6.45, 7) is 0.464. The second kappa shape index (κ2) is 5.16. The molecule has 2 aromatic heterocycles. The third kappa shape index (κ3) is 2.32. The molecular formula is C16H11BrN2OS. The van der Waals surface area contributed by atoms with Gasteiger partial charge in [0.15, 0.2) is 4.96 Å². The average Bonchev–Trinajstić information content (AvgIpc) is 3.08. The average molecular weight is 359 g/mol. The van der Waals surface area contributed by atoms with E-state index in [0.717, 1.165) is 26.3 Å². The van der Waals surface area contributed by atoms with Gasteiger partial charge in [0.1, 0.15) is 12.4 Å². The van der Waals surface area contributed by atoms with E-state index in [2.05, 4.69) is 39.1 Å². The minimum absolute atomic E-state index is 0.464. The highest BCUT2D eigenvalue weighted by molar-refractivity contribution is 9.10. The lowest BCUT2D eigenvalue weighted by Crippen LogP contribution is -1.96. The molecule has 0 amide bonds. The number of benzene rings is 2. The van der Waals surface area contributed by atoms with Crippen LogP contribution in [0, 0.1) is 0 Å². The molecule has 0 unspecified atom stereocenters. The fourth-order valence-electron chi connectivity index (χ4n) is 2.32. The summed E-state index contributed by atoms with van der Waals surface area (Å²) in [5.41, 5.74) is 0.932. The number of imidazole rings is 1. The fourth-order valence-corrected chi connectivity index (χ4v) is 3.65. The van der Waals surface area contributed by atoms with Crippen molar-refractivity contribution in [3.05, 3.63) is 64.3 Å². The van der Waals surface area contributed by atoms with Crippen LogP contribution >= 0.6 is 27.3 Å². The first-order valence-electron chi connectivity index (χ1n) is 6.52. The van der Waals surface area contributed by atoms with Gasteiger partial charge in [-0.2, -0.15) is 0 Å². The molecular weight excluding hydrogens is 348 g/mol. The zero-order chi connectivity index (χ0) is 14.2. The van der Waals surface area contributed by atoms with Gasteiger partial charge in [-0.25, -0.2) is 4.98 Å². The molecule has 0 aliphatic carbocycles. The van der Waals surface area contributed by atoms with Gasteiger partial charge in [-0.1, -0.05) is 30.3 Å². The van der Waals surface area contributed by atoms with Crippen LogP contribution in [0.3, 0.4) is 0 Å². The molecule has 0 atom stereocenters. The Balaban J connectivity index is 1.62. The molecule has 21 heavy (non-hydrogen) atoms. The number of hydrogen-bond acceptors (Lipinski definition) is 3. The number of ether oxygens (including phenoxy) is 1. The summed E-state index contributed by atoms with van der Waals surface area (Å²) in [7, 11) is 0. The number of halogens is 1. The van der Waals surface area contributed by atoms with Gasteiger partial charge in [0.05, 0.1) is 10.2 Å². The van der Waals surface area contributed by atoms with E-state index in [4.69, 9.17) is 4.74 Å². The zero-order valence-electron chi connectivity index (χ0n) is 11.0. The van der Waals surface area contributed by atoms with Gasteiger partial charge >= 0.3 is 0 Å². The SMILES string of the molecule is Brc1c(OCc2cn3ccsc3n2)ccc2ccccc12. The van der Waals surface area contributed by atoms with E-state index in [1.54, 1.807) is 11.3 Å². The Hall–Kier alpha value is -1.85. The van der Waals surface area contributed by atoms with Crippen LogP contribution in [0.15, 0.2) is 58.6 Å².